The zero-order chi connectivity index (χ0) is 16.4. The molecule has 0 atom stereocenters. The second kappa shape index (κ2) is 9.02. The van der Waals surface area contributed by atoms with Gasteiger partial charge in [0.1, 0.15) is 0 Å². The van der Waals surface area contributed by atoms with E-state index in [-0.39, 0.29) is 5.91 Å². The number of anilines is 1. The number of nitrogens with zero attached hydrogens (tertiary/aromatic N) is 1. The number of allylic oxidation sites excluding steroid dienone is 6. The highest BCUT2D eigenvalue weighted by Gasteiger charge is 2.10. The van der Waals surface area contributed by atoms with Gasteiger partial charge in [0.15, 0.2) is 0 Å². The SMILES string of the molecule is C=C/C(=C\C=N)C(=O)Nc1cnccc1C(=C)/C=C\C=C/C. The quantitative estimate of drug-likeness (QED) is 0.454. The number of nitrogens with one attached hydrogen (secondary N) is 2. The number of carbonyl (C=O) groups is 1. The van der Waals surface area contributed by atoms with Gasteiger partial charge in [0.2, 0.25) is 0 Å². The molecule has 0 radical (unpaired) electrons. The van der Waals surface area contributed by atoms with E-state index in [2.05, 4.69) is 23.5 Å². The standard InChI is InChI=1S/C18H19N3O/c1-4-6-7-8-14(3)16-10-12-20-13-17(16)21-18(22)15(5-2)9-11-19/h4-13,19H,2-3H2,1H3,(H,21,22)/b6-4-,8-7-,15-9+,19-11?. The first-order valence-corrected chi connectivity index (χ1v) is 6.71. The fourth-order valence-corrected chi connectivity index (χ4v) is 1.67. The van der Waals surface area contributed by atoms with Crippen molar-refractivity contribution in [3.8, 4) is 0 Å². The molecule has 0 aliphatic rings. The van der Waals surface area contributed by atoms with E-state index in [1.165, 1.54) is 12.2 Å². The van der Waals surface area contributed by atoms with E-state index >= 15 is 0 Å². The first kappa shape index (κ1) is 17.0. The van der Waals surface area contributed by atoms with Crippen LogP contribution in [0.4, 0.5) is 5.69 Å². The monoisotopic (exact) mass is 293 g/mol. The van der Waals surface area contributed by atoms with Gasteiger partial charge in [0, 0.05) is 23.5 Å². The lowest BCUT2D eigenvalue weighted by atomic mass is 10.1. The molecule has 22 heavy (non-hydrogen) atoms. The molecule has 0 aromatic carbocycles. The third-order valence-corrected chi connectivity index (χ3v) is 2.76. The number of amides is 1. The molecule has 0 saturated heterocycles. The van der Waals surface area contributed by atoms with Crippen LogP contribution < -0.4 is 5.32 Å². The number of hydrogen-bond acceptors (Lipinski definition) is 3. The smallest absolute Gasteiger partial charge is 0.255 e. The minimum atomic E-state index is -0.349. The average Bonchev–Trinajstić information content (AvgIpc) is 2.53. The molecule has 1 aromatic rings. The second-order valence-corrected chi connectivity index (χ2v) is 4.28. The van der Waals surface area contributed by atoms with Crippen molar-refractivity contribution in [2.24, 2.45) is 0 Å². The first-order chi connectivity index (χ1) is 10.6. The van der Waals surface area contributed by atoms with Crippen molar-refractivity contribution in [3.63, 3.8) is 0 Å². The van der Waals surface area contributed by atoms with Crippen molar-refractivity contribution in [1.29, 1.82) is 5.41 Å². The van der Waals surface area contributed by atoms with Crippen LogP contribution in [-0.4, -0.2) is 17.1 Å². The molecule has 0 bridgehead atoms. The zero-order valence-corrected chi connectivity index (χ0v) is 12.5. The Bertz CT molecular complexity index is 667. The highest BCUT2D eigenvalue weighted by atomic mass is 16.1. The molecule has 0 saturated carbocycles. The van der Waals surface area contributed by atoms with Crippen molar-refractivity contribution in [3.05, 3.63) is 79.2 Å². The summed E-state index contributed by atoms with van der Waals surface area (Å²) < 4.78 is 0. The highest BCUT2D eigenvalue weighted by molar-refractivity contribution is 6.08. The third kappa shape index (κ3) is 4.83. The summed E-state index contributed by atoms with van der Waals surface area (Å²) in [6, 6.07) is 1.78. The average molecular weight is 293 g/mol. The van der Waals surface area contributed by atoms with Crippen LogP contribution >= 0.6 is 0 Å². The Hall–Kier alpha value is -3.01. The molecule has 112 valence electrons. The fraction of sp³-hybridized carbons (Fsp3) is 0.0556. The molecule has 0 fully saturated rings. The molecule has 0 aliphatic heterocycles. The van der Waals surface area contributed by atoms with Crippen LogP contribution in [0.3, 0.4) is 0 Å². The molecule has 1 heterocycles. The summed E-state index contributed by atoms with van der Waals surface area (Å²) >= 11 is 0. The summed E-state index contributed by atoms with van der Waals surface area (Å²) in [5, 5.41) is 9.80. The molecule has 0 spiro atoms. The predicted octanol–water partition coefficient (Wildman–Crippen LogP) is 3.93. The summed E-state index contributed by atoms with van der Waals surface area (Å²) in [6.45, 7) is 9.49. The normalized spacial score (nSPS) is 11.6. The van der Waals surface area contributed by atoms with Crippen LogP contribution in [0.5, 0.6) is 0 Å². The van der Waals surface area contributed by atoms with Crippen molar-refractivity contribution < 1.29 is 4.79 Å². The lowest BCUT2D eigenvalue weighted by Crippen LogP contribution is -2.14. The second-order valence-electron chi connectivity index (χ2n) is 4.28. The van der Waals surface area contributed by atoms with Crippen LogP contribution in [0.2, 0.25) is 0 Å². The van der Waals surface area contributed by atoms with E-state index in [4.69, 9.17) is 5.41 Å². The van der Waals surface area contributed by atoms with Gasteiger partial charge in [-0.05, 0) is 24.6 Å². The van der Waals surface area contributed by atoms with E-state index in [1.807, 2.05) is 31.2 Å². The van der Waals surface area contributed by atoms with E-state index in [0.717, 1.165) is 17.4 Å². The fourth-order valence-electron chi connectivity index (χ4n) is 1.67. The minimum Gasteiger partial charge on any atom is -0.320 e. The van der Waals surface area contributed by atoms with Gasteiger partial charge in [0.05, 0.1) is 11.9 Å². The largest absolute Gasteiger partial charge is 0.320 e. The third-order valence-electron chi connectivity index (χ3n) is 2.76. The Balaban J connectivity index is 3.04. The summed E-state index contributed by atoms with van der Waals surface area (Å²) in [6.07, 6.45) is 14.6. The summed E-state index contributed by atoms with van der Waals surface area (Å²) in [7, 11) is 0. The topological polar surface area (TPSA) is 65.8 Å². The van der Waals surface area contributed by atoms with Gasteiger partial charge in [0.25, 0.3) is 5.91 Å². The molecular formula is C18H19N3O. The van der Waals surface area contributed by atoms with Gasteiger partial charge in [-0.1, -0.05) is 43.5 Å². The number of aromatic nitrogens is 1. The molecule has 0 aliphatic carbocycles. The van der Waals surface area contributed by atoms with E-state index < -0.39 is 0 Å². The summed E-state index contributed by atoms with van der Waals surface area (Å²) in [4.78, 5) is 16.2. The highest BCUT2D eigenvalue weighted by Crippen LogP contribution is 2.23. The molecule has 0 unspecified atom stereocenters. The van der Waals surface area contributed by atoms with Crippen molar-refractivity contribution in [2.45, 2.75) is 6.92 Å². The van der Waals surface area contributed by atoms with Crippen LogP contribution in [-0.2, 0) is 4.79 Å². The zero-order valence-electron chi connectivity index (χ0n) is 12.5. The number of hydrogen-bond donors (Lipinski definition) is 2. The van der Waals surface area contributed by atoms with Gasteiger partial charge in [-0.3, -0.25) is 9.78 Å². The van der Waals surface area contributed by atoms with Crippen molar-refractivity contribution in [1.82, 2.24) is 4.98 Å². The van der Waals surface area contributed by atoms with Crippen LogP contribution in [0.1, 0.15) is 12.5 Å². The lowest BCUT2D eigenvalue weighted by Gasteiger charge is -2.10. The van der Waals surface area contributed by atoms with Crippen molar-refractivity contribution >= 4 is 23.4 Å². The van der Waals surface area contributed by atoms with Crippen molar-refractivity contribution in [2.75, 3.05) is 5.32 Å². The van der Waals surface area contributed by atoms with Gasteiger partial charge in [-0.2, -0.15) is 0 Å². The Morgan fingerprint density at radius 2 is 2.18 bits per heavy atom. The number of carbonyl (C=O) groups excluding carboxylic acids is 1. The summed E-state index contributed by atoms with van der Waals surface area (Å²) in [5.41, 5.74) is 2.40. The van der Waals surface area contributed by atoms with Gasteiger partial charge in [-0.25, -0.2) is 0 Å². The van der Waals surface area contributed by atoms with Crippen LogP contribution in [0, 0.1) is 5.41 Å². The van der Waals surface area contributed by atoms with E-state index in [1.54, 1.807) is 18.5 Å². The van der Waals surface area contributed by atoms with Gasteiger partial charge < -0.3 is 10.7 Å². The molecule has 4 nitrogen and oxygen atoms in total. The molecule has 1 aromatic heterocycles. The van der Waals surface area contributed by atoms with Gasteiger partial charge >= 0.3 is 0 Å². The lowest BCUT2D eigenvalue weighted by molar-refractivity contribution is -0.112. The maximum absolute atomic E-state index is 12.1. The van der Waals surface area contributed by atoms with E-state index in [0.29, 0.717) is 11.3 Å². The van der Waals surface area contributed by atoms with Crippen LogP contribution in [0.25, 0.3) is 5.57 Å². The predicted molar refractivity (Wildman–Crippen MR) is 92.9 cm³/mol. The molecule has 4 heteroatoms. The maximum atomic E-state index is 12.1. The van der Waals surface area contributed by atoms with E-state index in [9.17, 15) is 4.79 Å². The number of rotatable bonds is 7. The molecule has 1 rings (SSSR count). The first-order valence-electron chi connectivity index (χ1n) is 6.71. The Morgan fingerprint density at radius 1 is 1.41 bits per heavy atom. The molecular weight excluding hydrogens is 274 g/mol. The minimum absolute atomic E-state index is 0.305. The summed E-state index contributed by atoms with van der Waals surface area (Å²) in [5.74, 6) is -0.349. The molecule has 2 N–H and O–H groups in total. The maximum Gasteiger partial charge on any atom is 0.255 e. The Morgan fingerprint density at radius 3 is 2.82 bits per heavy atom. The Labute approximate surface area is 130 Å². The molecule has 1 amide bonds. The van der Waals surface area contributed by atoms with Crippen LogP contribution in [0.15, 0.2) is 73.6 Å². The Kier molecular flexibility index (Phi) is 6.99. The van der Waals surface area contributed by atoms with Gasteiger partial charge in [-0.15, -0.1) is 0 Å². The number of pyridine rings is 1.